The molecule has 2 aromatic carbocycles. The SMILES string of the molecule is O=C(NCC(=O)N1CCC[C@@H](c2nc3ccccc3s2)C1)c1ccccc1F. The fourth-order valence-electron chi connectivity index (χ4n) is 3.48. The Morgan fingerprint density at radius 2 is 1.96 bits per heavy atom. The molecular weight excluding hydrogens is 377 g/mol. The first-order chi connectivity index (χ1) is 13.6. The summed E-state index contributed by atoms with van der Waals surface area (Å²) in [7, 11) is 0. The maximum absolute atomic E-state index is 13.7. The molecule has 0 saturated carbocycles. The van der Waals surface area contributed by atoms with Crippen molar-refractivity contribution in [1.29, 1.82) is 0 Å². The Bertz CT molecular complexity index is 987. The van der Waals surface area contributed by atoms with Crippen molar-refractivity contribution in [2.75, 3.05) is 19.6 Å². The Morgan fingerprint density at radius 3 is 2.79 bits per heavy atom. The first kappa shape index (κ1) is 18.6. The van der Waals surface area contributed by atoms with Gasteiger partial charge in [-0.3, -0.25) is 9.59 Å². The van der Waals surface area contributed by atoms with Gasteiger partial charge in [-0.15, -0.1) is 11.3 Å². The minimum Gasteiger partial charge on any atom is -0.343 e. The molecule has 0 spiro atoms. The first-order valence-electron chi connectivity index (χ1n) is 9.28. The Morgan fingerprint density at radius 1 is 1.18 bits per heavy atom. The molecule has 1 saturated heterocycles. The second kappa shape index (κ2) is 8.06. The van der Waals surface area contributed by atoms with Crippen LogP contribution in [0.3, 0.4) is 0 Å². The molecule has 1 atom stereocenters. The molecule has 2 heterocycles. The number of piperidine rings is 1. The van der Waals surface area contributed by atoms with Crippen molar-refractivity contribution in [2.24, 2.45) is 0 Å². The van der Waals surface area contributed by atoms with E-state index in [2.05, 4.69) is 11.4 Å². The summed E-state index contributed by atoms with van der Waals surface area (Å²) in [6, 6.07) is 13.8. The second-order valence-electron chi connectivity index (χ2n) is 6.86. The molecule has 4 rings (SSSR count). The molecule has 28 heavy (non-hydrogen) atoms. The molecule has 3 aromatic rings. The number of thiazole rings is 1. The summed E-state index contributed by atoms with van der Waals surface area (Å²) in [5.74, 6) is -1.12. The zero-order valence-corrected chi connectivity index (χ0v) is 16.0. The highest BCUT2D eigenvalue weighted by Crippen LogP contribution is 2.32. The zero-order valence-electron chi connectivity index (χ0n) is 15.2. The number of fused-ring (bicyclic) bond motifs is 1. The van der Waals surface area contributed by atoms with E-state index in [1.807, 2.05) is 18.2 Å². The van der Waals surface area contributed by atoms with Crippen molar-refractivity contribution >= 4 is 33.4 Å². The fourth-order valence-corrected chi connectivity index (χ4v) is 4.57. The van der Waals surface area contributed by atoms with Crippen molar-refractivity contribution in [3.63, 3.8) is 0 Å². The van der Waals surface area contributed by atoms with Gasteiger partial charge in [0.2, 0.25) is 5.91 Å². The monoisotopic (exact) mass is 397 g/mol. The van der Waals surface area contributed by atoms with Crippen LogP contribution in [0.2, 0.25) is 0 Å². The van der Waals surface area contributed by atoms with E-state index in [1.54, 1.807) is 22.3 Å². The van der Waals surface area contributed by atoms with Gasteiger partial charge in [-0.05, 0) is 37.1 Å². The van der Waals surface area contributed by atoms with E-state index in [-0.39, 0.29) is 23.9 Å². The molecule has 144 valence electrons. The highest BCUT2D eigenvalue weighted by molar-refractivity contribution is 7.18. The summed E-state index contributed by atoms with van der Waals surface area (Å²) in [6.07, 6.45) is 1.89. The molecule has 0 radical (unpaired) electrons. The van der Waals surface area contributed by atoms with E-state index >= 15 is 0 Å². The van der Waals surface area contributed by atoms with Gasteiger partial charge in [0.05, 0.1) is 27.3 Å². The van der Waals surface area contributed by atoms with Crippen molar-refractivity contribution in [3.8, 4) is 0 Å². The second-order valence-corrected chi connectivity index (χ2v) is 7.92. The van der Waals surface area contributed by atoms with Gasteiger partial charge in [0.25, 0.3) is 5.91 Å². The van der Waals surface area contributed by atoms with Crippen molar-refractivity contribution in [3.05, 3.63) is 64.9 Å². The summed E-state index contributed by atoms with van der Waals surface area (Å²) in [5.41, 5.74) is 0.935. The molecule has 0 bridgehead atoms. The maximum atomic E-state index is 13.7. The summed E-state index contributed by atoms with van der Waals surface area (Å²) < 4.78 is 14.8. The average molecular weight is 397 g/mol. The van der Waals surface area contributed by atoms with Crippen molar-refractivity contribution in [1.82, 2.24) is 15.2 Å². The van der Waals surface area contributed by atoms with Gasteiger partial charge in [-0.2, -0.15) is 0 Å². The first-order valence-corrected chi connectivity index (χ1v) is 10.1. The van der Waals surface area contributed by atoms with Gasteiger partial charge in [0.1, 0.15) is 5.82 Å². The number of rotatable bonds is 4. The van der Waals surface area contributed by atoms with Gasteiger partial charge in [0, 0.05) is 19.0 Å². The molecule has 5 nitrogen and oxygen atoms in total. The van der Waals surface area contributed by atoms with Crippen LogP contribution in [0.4, 0.5) is 4.39 Å². The van der Waals surface area contributed by atoms with Crippen molar-refractivity contribution in [2.45, 2.75) is 18.8 Å². The van der Waals surface area contributed by atoms with E-state index in [4.69, 9.17) is 4.98 Å². The molecule has 0 unspecified atom stereocenters. The lowest BCUT2D eigenvalue weighted by Crippen LogP contribution is -2.44. The third kappa shape index (κ3) is 3.89. The fraction of sp³-hybridized carbons (Fsp3) is 0.286. The Labute approximate surface area is 166 Å². The predicted molar refractivity (Wildman–Crippen MR) is 107 cm³/mol. The third-order valence-electron chi connectivity index (χ3n) is 4.95. The number of halogens is 1. The minimum atomic E-state index is -0.596. The average Bonchev–Trinajstić information content (AvgIpc) is 3.16. The number of amides is 2. The van der Waals surface area contributed by atoms with Crippen LogP contribution in [0.5, 0.6) is 0 Å². The van der Waals surface area contributed by atoms with Gasteiger partial charge in [0.15, 0.2) is 0 Å². The Balaban J connectivity index is 1.38. The minimum absolute atomic E-state index is 0.0544. The largest absolute Gasteiger partial charge is 0.343 e. The van der Waals surface area contributed by atoms with Crippen LogP contribution < -0.4 is 5.32 Å². The predicted octanol–water partition coefficient (Wildman–Crippen LogP) is 3.57. The maximum Gasteiger partial charge on any atom is 0.254 e. The standard InChI is InChI=1S/C21H20FN3O2S/c22-16-8-2-1-7-15(16)20(27)23-12-19(26)25-11-5-6-14(13-25)21-24-17-9-3-4-10-18(17)28-21/h1-4,7-10,14H,5-6,11-13H2,(H,23,27)/t14-/m1/s1. The van der Waals surface area contributed by atoms with E-state index < -0.39 is 11.7 Å². The number of hydrogen-bond donors (Lipinski definition) is 1. The van der Waals surface area contributed by atoms with Gasteiger partial charge < -0.3 is 10.2 Å². The summed E-state index contributed by atoms with van der Waals surface area (Å²) >= 11 is 1.67. The highest BCUT2D eigenvalue weighted by Gasteiger charge is 2.27. The lowest BCUT2D eigenvalue weighted by molar-refractivity contribution is -0.131. The third-order valence-corrected chi connectivity index (χ3v) is 6.15. The van der Waals surface area contributed by atoms with Crippen LogP contribution in [0.15, 0.2) is 48.5 Å². The summed E-state index contributed by atoms with van der Waals surface area (Å²) in [5, 5.41) is 3.58. The van der Waals surface area contributed by atoms with Gasteiger partial charge >= 0.3 is 0 Å². The van der Waals surface area contributed by atoms with E-state index in [0.717, 1.165) is 28.1 Å². The number of aromatic nitrogens is 1. The van der Waals surface area contributed by atoms with Crippen LogP contribution in [0.25, 0.3) is 10.2 Å². The highest BCUT2D eigenvalue weighted by atomic mass is 32.1. The smallest absolute Gasteiger partial charge is 0.254 e. The van der Waals surface area contributed by atoms with Crippen LogP contribution in [-0.2, 0) is 4.79 Å². The lowest BCUT2D eigenvalue weighted by Gasteiger charge is -2.32. The molecule has 1 aromatic heterocycles. The molecule has 1 fully saturated rings. The van der Waals surface area contributed by atoms with Crippen LogP contribution in [-0.4, -0.2) is 41.3 Å². The van der Waals surface area contributed by atoms with E-state index in [1.165, 1.54) is 18.2 Å². The zero-order chi connectivity index (χ0) is 19.5. The molecule has 1 N–H and O–H groups in total. The quantitative estimate of drug-likeness (QED) is 0.732. The number of carbonyl (C=O) groups is 2. The molecular formula is C21H20FN3O2S. The molecule has 1 aliphatic heterocycles. The molecule has 1 aliphatic rings. The number of hydrogen-bond acceptors (Lipinski definition) is 4. The number of likely N-dealkylation sites (tertiary alicyclic amines) is 1. The van der Waals surface area contributed by atoms with Crippen LogP contribution >= 0.6 is 11.3 Å². The Hall–Kier alpha value is -2.80. The number of nitrogens with one attached hydrogen (secondary N) is 1. The topological polar surface area (TPSA) is 62.3 Å². The van der Waals surface area contributed by atoms with Crippen LogP contribution in [0, 0.1) is 5.82 Å². The lowest BCUT2D eigenvalue weighted by atomic mass is 9.98. The normalized spacial score (nSPS) is 16.9. The summed E-state index contributed by atoms with van der Waals surface area (Å²) in [4.78, 5) is 31.2. The summed E-state index contributed by atoms with van der Waals surface area (Å²) in [6.45, 7) is 1.11. The number of carbonyl (C=O) groups excluding carboxylic acids is 2. The van der Waals surface area contributed by atoms with Crippen LogP contribution in [0.1, 0.15) is 34.1 Å². The molecule has 2 amide bonds. The van der Waals surface area contributed by atoms with Gasteiger partial charge in [-0.1, -0.05) is 24.3 Å². The number of benzene rings is 2. The number of para-hydroxylation sites is 1. The van der Waals surface area contributed by atoms with Gasteiger partial charge in [-0.25, -0.2) is 9.37 Å². The van der Waals surface area contributed by atoms with E-state index in [9.17, 15) is 14.0 Å². The molecule has 7 heteroatoms. The van der Waals surface area contributed by atoms with E-state index in [0.29, 0.717) is 13.1 Å². The van der Waals surface area contributed by atoms with Crippen molar-refractivity contribution < 1.29 is 14.0 Å². The molecule has 0 aliphatic carbocycles. The Kier molecular flexibility index (Phi) is 5.34. The number of nitrogens with zero attached hydrogens (tertiary/aromatic N) is 2.